The largest absolute Gasteiger partial charge is 0.379 e. The molecule has 1 rings (SSSR count). The van der Waals surface area contributed by atoms with E-state index in [4.69, 9.17) is 14.0 Å². The quantitative estimate of drug-likeness (QED) is 0.666. The van der Waals surface area contributed by atoms with E-state index in [2.05, 4.69) is 0 Å². The molecule has 20 heavy (non-hydrogen) atoms. The van der Waals surface area contributed by atoms with E-state index in [1.807, 2.05) is 30.3 Å². The fourth-order valence-electron chi connectivity index (χ4n) is 1.63. The normalized spacial score (nSPS) is 14.9. The van der Waals surface area contributed by atoms with Gasteiger partial charge in [-0.25, -0.2) is 0 Å². The summed E-state index contributed by atoms with van der Waals surface area (Å²) in [5, 5.41) is 9.20. The van der Waals surface area contributed by atoms with Crippen LogP contribution in [0.25, 0.3) is 0 Å². The molecule has 0 heterocycles. The van der Waals surface area contributed by atoms with Gasteiger partial charge in [0.15, 0.2) is 5.44 Å². The fraction of sp³-hybridized carbons (Fsp3) is 0.538. The van der Waals surface area contributed by atoms with E-state index in [9.17, 15) is 13.5 Å². The molecule has 0 saturated heterocycles. The Balaban J connectivity index is 2.29. The molecule has 0 amide bonds. The summed E-state index contributed by atoms with van der Waals surface area (Å²) < 4.78 is 40.6. The maximum Gasteiger partial charge on any atom is 0.291 e. The van der Waals surface area contributed by atoms with E-state index in [1.165, 1.54) is 7.11 Å². The Morgan fingerprint density at radius 1 is 1.20 bits per heavy atom. The van der Waals surface area contributed by atoms with Gasteiger partial charge in [-0.1, -0.05) is 30.3 Å². The zero-order valence-electron chi connectivity index (χ0n) is 11.3. The van der Waals surface area contributed by atoms with Gasteiger partial charge < -0.3 is 14.6 Å². The number of aliphatic hydroxyl groups excluding tert-OH is 1. The Morgan fingerprint density at radius 3 is 2.40 bits per heavy atom. The summed E-state index contributed by atoms with van der Waals surface area (Å²) in [5.41, 5.74) is -0.755. The van der Waals surface area contributed by atoms with Crippen molar-refractivity contribution in [3.05, 3.63) is 35.9 Å². The van der Waals surface area contributed by atoms with Crippen molar-refractivity contribution < 1.29 is 27.6 Å². The van der Waals surface area contributed by atoms with Crippen LogP contribution in [-0.2, 0) is 26.2 Å². The van der Waals surface area contributed by atoms with E-state index in [1.54, 1.807) is 0 Å². The minimum Gasteiger partial charge on any atom is -0.379 e. The zero-order valence-corrected chi connectivity index (χ0v) is 12.1. The average molecular weight is 304 g/mol. The topological polar surface area (TPSA) is 93.1 Å². The molecule has 1 unspecified atom stereocenters. The predicted molar refractivity (Wildman–Crippen MR) is 73.7 cm³/mol. The summed E-state index contributed by atoms with van der Waals surface area (Å²) in [6.07, 6.45) is -0.173. The van der Waals surface area contributed by atoms with Gasteiger partial charge in [-0.2, -0.15) is 8.42 Å². The molecule has 0 aliphatic rings. The number of aliphatic hydroxyl groups is 1. The second-order valence-electron chi connectivity index (χ2n) is 4.41. The highest BCUT2D eigenvalue weighted by molar-refractivity contribution is 7.86. The molecule has 114 valence electrons. The van der Waals surface area contributed by atoms with Gasteiger partial charge in [0.1, 0.15) is 0 Å². The summed E-state index contributed by atoms with van der Waals surface area (Å²) in [7, 11) is -2.93. The molecule has 0 bridgehead atoms. The van der Waals surface area contributed by atoms with E-state index < -0.39 is 15.6 Å². The average Bonchev–Trinajstić information content (AvgIpc) is 2.42. The molecule has 1 aromatic rings. The van der Waals surface area contributed by atoms with Crippen molar-refractivity contribution in [1.29, 1.82) is 0 Å². The lowest BCUT2D eigenvalue weighted by Crippen LogP contribution is -2.25. The van der Waals surface area contributed by atoms with Crippen LogP contribution in [0.5, 0.6) is 0 Å². The van der Waals surface area contributed by atoms with Crippen LogP contribution in [0.15, 0.2) is 30.3 Å². The van der Waals surface area contributed by atoms with Crippen molar-refractivity contribution in [2.45, 2.75) is 31.0 Å². The Morgan fingerprint density at radius 2 is 1.85 bits per heavy atom. The smallest absolute Gasteiger partial charge is 0.291 e. The molecular weight excluding hydrogens is 284 g/mol. The lowest BCUT2D eigenvalue weighted by Gasteiger charge is -2.16. The molecule has 0 fully saturated rings. The van der Waals surface area contributed by atoms with Gasteiger partial charge in [0.25, 0.3) is 10.1 Å². The SMILES string of the molecule is CO[C@@H](CCC(O)S(=O)(=O)O)COCc1ccccc1. The van der Waals surface area contributed by atoms with Crippen molar-refractivity contribution >= 4 is 10.1 Å². The first kappa shape index (κ1) is 17.1. The number of benzene rings is 1. The lowest BCUT2D eigenvalue weighted by atomic mass is 10.2. The highest BCUT2D eigenvalue weighted by atomic mass is 32.2. The van der Waals surface area contributed by atoms with Gasteiger partial charge >= 0.3 is 0 Å². The van der Waals surface area contributed by atoms with Gasteiger partial charge in [-0.05, 0) is 18.4 Å². The lowest BCUT2D eigenvalue weighted by molar-refractivity contribution is -0.00587. The van der Waals surface area contributed by atoms with Crippen LogP contribution in [0, 0.1) is 0 Å². The Labute approximate surface area is 119 Å². The summed E-state index contributed by atoms with van der Waals surface area (Å²) in [5.74, 6) is 0. The van der Waals surface area contributed by atoms with Crippen LogP contribution >= 0.6 is 0 Å². The number of hydrogen-bond donors (Lipinski definition) is 2. The van der Waals surface area contributed by atoms with E-state index in [-0.39, 0.29) is 25.6 Å². The fourth-order valence-corrected chi connectivity index (χ4v) is 2.06. The van der Waals surface area contributed by atoms with Crippen LogP contribution in [0.2, 0.25) is 0 Å². The molecule has 2 atom stereocenters. The molecular formula is C13H20O6S. The summed E-state index contributed by atoms with van der Waals surface area (Å²) in [6, 6.07) is 9.61. The van der Waals surface area contributed by atoms with Gasteiger partial charge in [-0.3, -0.25) is 4.55 Å². The second kappa shape index (κ2) is 8.33. The summed E-state index contributed by atoms with van der Waals surface area (Å²) in [4.78, 5) is 0. The molecule has 2 N–H and O–H groups in total. The van der Waals surface area contributed by atoms with Crippen molar-refractivity contribution in [3.8, 4) is 0 Å². The maximum absolute atomic E-state index is 10.7. The third-order valence-electron chi connectivity index (χ3n) is 2.83. The summed E-state index contributed by atoms with van der Waals surface area (Å²) >= 11 is 0. The van der Waals surface area contributed by atoms with Gasteiger partial charge in [0.05, 0.1) is 19.3 Å². The Kier molecular flexibility index (Phi) is 7.11. The number of ether oxygens (including phenoxy) is 2. The van der Waals surface area contributed by atoms with Gasteiger partial charge in [0, 0.05) is 7.11 Å². The highest BCUT2D eigenvalue weighted by Gasteiger charge is 2.21. The molecule has 0 radical (unpaired) electrons. The van der Waals surface area contributed by atoms with Crippen LogP contribution in [0.3, 0.4) is 0 Å². The molecule has 0 saturated carbocycles. The Hall–Kier alpha value is -0.990. The molecule has 7 heteroatoms. The monoisotopic (exact) mass is 304 g/mol. The second-order valence-corrected chi connectivity index (χ2v) is 5.98. The first-order valence-corrected chi connectivity index (χ1v) is 7.72. The third-order valence-corrected chi connectivity index (χ3v) is 3.75. The number of methoxy groups -OCH3 is 1. The van der Waals surface area contributed by atoms with Crippen molar-refractivity contribution in [2.24, 2.45) is 0 Å². The van der Waals surface area contributed by atoms with Crippen LogP contribution < -0.4 is 0 Å². The first-order chi connectivity index (χ1) is 9.43. The molecule has 1 aromatic carbocycles. The van der Waals surface area contributed by atoms with Crippen molar-refractivity contribution in [3.63, 3.8) is 0 Å². The number of hydrogen-bond acceptors (Lipinski definition) is 5. The van der Waals surface area contributed by atoms with Crippen molar-refractivity contribution in [1.82, 2.24) is 0 Å². The van der Waals surface area contributed by atoms with Gasteiger partial charge in [-0.15, -0.1) is 0 Å². The van der Waals surface area contributed by atoms with Crippen LogP contribution in [0.4, 0.5) is 0 Å². The highest BCUT2D eigenvalue weighted by Crippen LogP contribution is 2.10. The third kappa shape index (κ3) is 6.44. The molecule has 0 aromatic heterocycles. The maximum atomic E-state index is 10.7. The van der Waals surface area contributed by atoms with Crippen molar-refractivity contribution in [2.75, 3.05) is 13.7 Å². The zero-order chi connectivity index (χ0) is 15.0. The predicted octanol–water partition coefficient (Wildman–Crippen LogP) is 1.20. The van der Waals surface area contributed by atoms with E-state index >= 15 is 0 Å². The van der Waals surface area contributed by atoms with E-state index in [0.29, 0.717) is 6.61 Å². The standard InChI is InChI=1S/C13H20O6S/c1-18-12(7-8-13(14)20(15,16)17)10-19-9-11-5-3-2-4-6-11/h2-6,12-14H,7-10H2,1H3,(H,15,16,17)/t12-,13?/m0/s1. The molecule has 0 aliphatic carbocycles. The minimum absolute atomic E-state index is 0.105. The number of rotatable bonds is 9. The summed E-state index contributed by atoms with van der Waals surface area (Å²) in [6.45, 7) is 0.713. The van der Waals surface area contributed by atoms with E-state index in [0.717, 1.165) is 5.56 Å². The van der Waals surface area contributed by atoms with Crippen LogP contribution in [0.1, 0.15) is 18.4 Å². The first-order valence-electron chi connectivity index (χ1n) is 6.22. The Bertz CT molecular complexity index is 473. The van der Waals surface area contributed by atoms with Gasteiger partial charge in [0.2, 0.25) is 0 Å². The molecule has 0 spiro atoms. The molecule has 6 nitrogen and oxygen atoms in total. The minimum atomic E-state index is -4.41. The van der Waals surface area contributed by atoms with Crippen LogP contribution in [-0.4, -0.2) is 43.3 Å². The molecule has 0 aliphatic heterocycles.